The van der Waals surface area contributed by atoms with Crippen molar-refractivity contribution < 1.29 is 4.79 Å². The quantitative estimate of drug-likeness (QED) is 0.770. The summed E-state index contributed by atoms with van der Waals surface area (Å²) in [5, 5.41) is 3.30. The van der Waals surface area contributed by atoms with Gasteiger partial charge in [0.25, 0.3) is 0 Å². The molecule has 100 valence electrons. The van der Waals surface area contributed by atoms with Gasteiger partial charge in [-0.3, -0.25) is 4.79 Å². The van der Waals surface area contributed by atoms with E-state index in [4.69, 9.17) is 0 Å². The minimum Gasteiger partial charge on any atom is -0.289 e. The summed E-state index contributed by atoms with van der Waals surface area (Å²) in [5.41, 5.74) is 2.63. The van der Waals surface area contributed by atoms with Crippen LogP contribution in [-0.2, 0) is 0 Å². The van der Waals surface area contributed by atoms with Gasteiger partial charge in [-0.05, 0) is 31.1 Å². The Morgan fingerprint density at radius 2 is 2.10 bits per heavy atom. The zero-order chi connectivity index (χ0) is 13.5. The van der Waals surface area contributed by atoms with Crippen molar-refractivity contribution in [2.75, 3.05) is 5.75 Å². The Hall–Kier alpha value is -1.39. The van der Waals surface area contributed by atoms with Crippen molar-refractivity contribution in [3.63, 3.8) is 0 Å². The highest BCUT2D eigenvalue weighted by Gasteiger charge is 2.27. The van der Waals surface area contributed by atoms with Crippen LogP contribution in [0.15, 0.2) is 40.1 Å². The smallest absolute Gasteiger partial charge is 0.191 e. The minimum absolute atomic E-state index is 0.153. The lowest BCUT2D eigenvalue weighted by Gasteiger charge is -2.16. The standard InChI is InChI=1S/C16H13NOS2/c18-15-11(8-19-14-4-2-1-3-13(14)15)7-12-9-20-16(17-12)10-5-6-10/h1-4,7,9-10H,5-6,8H2/b11-7-. The SMILES string of the molecule is O=C1/C(=C\c2csc(C3CC3)n2)CSc2ccccc21. The van der Waals surface area contributed by atoms with Crippen molar-refractivity contribution in [3.8, 4) is 0 Å². The molecular formula is C16H13NOS2. The molecule has 2 aromatic rings. The van der Waals surface area contributed by atoms with Gasteiger partial charge in [0.05, 0.1) is 10.7 Å². The molecule has 0 saturated heterocycles. The summed E-state index contributed by atoms with van der Waals surface area (Å²) in [6.45, 7) is 0. The first kappa shape index (κ1) is 12.4. The zero-order valence-electron chi connectivity index (χ0n) is 10.8. The number of aromatic nitrogens is 1. The Kier molecular flexibility index (Phi) is 3.00. The molecule has 0 spiro atoms. The van der Waals surface area contributed by atoms with Gasteiger partial charge in [-0.15, -0.1) is 23.1 Å². The van der Waals surface area contributed by atoms with Gasteiger partial charge in [0.15, 0.2) is 5.78 Å². The molecule has 20 heavy (non-hydrogen) atoms. The number of nitrogens with zero attached hydrogens (tertiary/aromatic N) is 1. The zero-order valence-corrected chi connectivity index (χ0v) is 12.5. The van der Waals surface area contributed by atoms with Crippen molar-refractivity contribution >= 4 is 35.0 Å². The molecule has 2 nitrogen and oxygen atoms in total. The monoisotopic (exact) mass is 299 g/mol. The number of rotatable bonds is 2. The van der Waals surface area contributed by atoms with Gasteiger partial charge < -0.3 is 0 Å². The number of Topliss-reactive ketones (excluding diaryl/α,β-unsaturated/α-hetero) is 1. The third-order valence-electron chi connectivity index (χ3n) is 3.59. The van der Waals surface area contributed by atoms with Crippen LogP contribution in [0.25, 0.3) is 6.08 Å². The fraction of sp³-hybridized carbons (Fsp3) is 0.250. The van der Waals surface area contributed by atoms with E-state index in [0.29, 0.717) is 5.92 Å². The second-order valence-corrected chi connectivity index (χ2v) is 7.08. The number of thiazole rings is 1. The third kappa shape index (κ3) is 2.23. The molecule has 0 unspecified atom stereocenters. The molecule has 0 bridgehead atoms. The van der Waals surface area contributed by atoms with Crippen molar-refractivity contribution in [2.45, 2.75) is 23.7 Å². The maximum atomic E-state index is 12.5. The van der Waals surface area contributed by atoms with E-state index in [1.54, 1.807) is 23.1 Å². The molecule has 1 aliphatic carbocycles. The van der Waals surface area contributed by atoms with Gasteiger partial charge in [-0.2, -0.15) is 0 Å². The van der Waals surface area contributed by atoms with E-state index in [1.165, 1.54) is 17.8 Å². The van der Waals surface area contributed by atoms with E-state index in [2.05, 4.69) is 10.4 Å². The van der Waals surface area contributed by atoms with E-state index in [-0.39, 0.29) is 5.78 Å². The molecule has 1 saturated carbocycles. The van der Waals surface area contributed by atoms with Crippen LogP contribution in [0.1, 0.15) is 39.8 Å². The van der Waals surface area contributed by atoms with E-state index in [0.717, 1.165) is 27.5 Å². The van der Waals surface area contributed by atoms with Gasteiger partial charge in [0.2, 0.25) is 0 Å². The largest absolute Gasteiger partial charge is 0.289 e. The number of fused-ring (bicyclic) bond motifs is 1. The second-order valence-electron chi connectivity index (χ2n) is 5.17. The van der Waals surface area contributed by atoms with Crippen LogP contribution >= 0.6 is 23.1 Å². The fourth-order valence-electron chi connectivity index (χ4n) is 2.34. The Morgan fingerprint density at radius 1 is 1.25 bits per heavy atom. The van der Waals surface area contributed by atoms with E-state index < -0.39 is 0 Å². The molecule has 0 radical (unpaired) electrons. The van der Waals surface area contributed by atoms with Crippen molar-refractivity contribution in [3.05, 3.63) is 51.5 Å². The molecule has 0 atom stereocenters. The van der Waals surface area contributed by atoms with Crippen LogP contribution in [0, 0.1) is 0 Å². The minimum atomic E-state index is 0.153. The van der Waals surface area contributed by atoms with E-state index in [1.807, 2.05) is 30.3 Å². The van der Waals surface area contributed by atoms with Gasteiger partial charge in [0, 0.05) is 33.1 Å². The molecule has 4 rings (SSSR count). The summed E-state index contributed by atoms with van der Waals surface area (Å²) >= 11 is 3.45. The van der Waals surface area contributed by atoms with E-state index in [9.17, 15) is 4.79 Å². The second kappa shape index (κ2) is 4.86. The number of hydrogen-bond donors (Lipinski definition) is 0. The number of hydrogen-bond acceptors (Lipinski definition) is 4. The highest BCUT2D eigenvalue weighted by atomic mass is 32.2. The van der Waals surface area contributed by atoms with Crippen molar-refractivity contribution in [1.82, 2.24) is 4.98 Å². The van der Waals surface area contributed by atoms with Gasteiger partial charge in [-0.1, -0.05) is 12.1 Å². The maximum absolute atomic E-state index is 12.5. The topological polar surface area (TPSA) is 30.0 Å². The van der Waals surface area contributed by atoms with Crippen LogP contribution in [-0.4, -0.2) is 16.5 Å². The number of thioether (sulfide) groups is 1. The lowest BCUT2D eigenvalue weighted by Crippen LogP contribution is -2.12. The summed E-state index contributed by atoms with van der Waals surface area (Å²) < 4.78 is 0. The predicted octanol–water partition coefficient (Wildman–Crippen LogP) is 4.39. The number of carbonyl (C=O) groups excluding carboxylic acids is 1. The summed E-state index contributed by atoms with van der Waals surface area (Å²) in [5.74, 6) is 1.58. The maximum Gasteiger partial charge on any atom is 0.191 e. The molecular weight excluding hydrogens is 286 g/mol. The Morgan fingerprint density at radius 3 is 2.95 bits per heavy atom. The first-order valence-electron chi connectivity index (χ1n) is 6.74. The average Bonchev–Trinajstić information content (AvgIpc) is 3.23. The van der Waals surface area contributed by atoms with Gasteiger partial charge in [0.1, 0.15) is 0 Å². The van der Waals surface area contributed by atoms with Gasteiger partial charge >= 0.3 is 0 Å². The summed E-state index contributed by atoms with van der Waals surface area (Å²) in [6, 6.07) is 7.83. The van der Waals surface area contributed by atoms with Crippen LogP contribution in [0.2, 0.25) is 0 Å². The average molecular weight is 299 g/mol. The van der Waals surface area contributed by atoms with Gasteiger partial charge in [-0.25, -0.2) is 4.98 Å². The summed E-state index contributed by atoms with van der Waals surface area (Å²) in [6.07, 6.45) is 4.50. The predicted molar refractivity (Wildman–Crippen MR) is 83.6 cm³/mol. The molecule has 1 aromatic heterocycles. The molecule has 1 aliphatic heterocycles. The highest BCUT2D eigenvalue weighted by Crippen LogP contribution is 2.41. The van der Waals surface area contributed by atoms with Crippen molar-refractivity contribution in [2.24, 2.45) is 0 Å². The third-order valence-corrected chi connectivity index (χ3v) is 5.74. The van der Waals surface area contributed by atoms with E-state index >= 15 is 0 Å². The molecule has 4 heteroatoms. The van der Waals surface area contributed by atoms with Crippen LogP contribution < -0.4 is 0 Å². The lowest BCUT2D eigenvalue weighted by atomic mass is 10.0. The number of benzene rings is 1. The van der Waals surface area contributed by atoms with Crippen LogP contribution in [0.4, 0.5) is 0 Å². The Balaban J connectivity index is 1.65. The lowest BCUT2D eigenvalue weighted by molar-refractivity contribution is 0.103. The fourth-order valence-corrected chi connectivity index (χ4v) is 4.31. The van der Waals surface area contributed by atoms with Crippen molar-refractivity contribution in [1.29, 1.82) is 0 Å². The number of carbonyl (C=O) groups is 1. The molecule has 1 aromatic carbocycles. The summed E-state index contributed by atoms with van der Waals surface area (Å²) in [4.78, 5) is 18.2. The first-order chi connectivity index (χ1) is 9.81. The highest BCUT2D eigenvalue weighted by molar-refractivity contribution is 7.99. The molecule has 0 N–H and O–H groups in total. The number of ketones is 1. The molecule has 2 heterocycles. The molecule has 2 aliphatic rings. The Labute approximate surface area is 125 Å². The normalized spacial score (nSPS) is 20.2. The molecule has 0 amide bonds. The van der Waals surface area contributed by atoms with Crippen LogP contribution in [0.3, 0.4) is 0 Å². The van der Waals surface area contributed by atoms with Crippen LogP contribution in [0.5, 0.6) is 0 Å². The first-order valence-corrected chi connectivity index (χ1v) is 8.60. The molecule has 1 fully saturated rings. The summed E-state index contributed by atoms with van der Waals surface area (Å²) in [7, 11) is 0. The Bertz CT molecular complexity index is 713.